The first-order chi connectivity index (χ1) is 8.56. The molecule has 1 atom stereocenters. The summed E-state index contributed by atoms with van der Waals surface area (Å²) in [5.41, 5.74) is 7.22. The van der Waals surface area contributed by atoms with Crippen LogP contribution < -0.4 is 5.73 Å². The highest BCUT2D eigenvalue weighted by Crippen LogP contribution is 2.18. The van der Waals surface area contributed by atoms with Crippen LogP contribution in [-0.2, 0) is 6.42 Å². The molecule has 2 N–H and O–H groups in total. The van der Waals surface area contributed by atoms with Gasteiger partial charge in [0.25, 0.3) is 0 Å². The third kappa shape index (κ3) is 3.25. The topological polar surface area (TPSA) is 56.0 Å². The Bertz CT molecular complexity index is 548. The van der Waals surface area contributed by atoms with Crippen molar-refractivity contribution in [1.29, 1.82) is 0 Å². The number of hydrogen-bond donors (Lipinski definition) is 1. The predicted octanol–water partition coefficient (Wildman–Crippen LogP) is 3.35. The third-order valence-corrected chi connectivity index (χ3v) is 4.05. The molecule has 2 rings (SSSR count). The second-order valence-electron chi connectivity index (χ2n) is 4.09. The monoisotopic (exact) mass is 324 g/mol. The number of rotatable bonds is 4. The van der Waals surface area contributed by atoms with E-state index in [1.165, 1.54) is 11.3 Å². The van der Waals surface area contributed by atoms with E-state index < -0.39 is 0 Å². The van der Waals surface area contributed by atoms with E-state index in [2.05, 4.69) is 20.9 Å². The number of ketones is 1. The Morgan fingerprint density at radius 3 is 2.67 bits per heavy atom. The van der Waals surface area contributed by atoms with Gasteiger partial charge in [-0.05, 0) is 24.6 Å². The van der Waals surface area contributed by atoms with Gasteiger partial charge in [0.15, 0.2) is 5.78 Å². The fraction of sp³-hybridized carbons (Fsp3) is 0.231. The van der Waals surface area contributed by atoms with E-state index in [1.807, 2.05) is 31.2 Å². The summed E-state index contributed by atoms with van der Waals surface area (Å²) >= 11 is 4.80. The summed E-state index contributed by atoms with van der Waals surface area (Å²) in [5, 5.41) is 2.58. The quantitative estimate of drug-likeness (QED) is 0.877. The molecule has 1 aromatic heterocycles. The van der Waals surface area contributed by atoms with Crippen molar-refractivity contribution in [3.63, 3.8) is 0 Å². The Labute approximate surface area is 118 Å². The Morgan fingerprint density at radius 2 is 2.11 bits per heavy atom. The number of benzene rings is 1. The maximum absolute atomic E-state index is 12.0. The molecule has 18 heavy (non-hydrogen) atoms. The SMILES string of the molecule is CC(N)c1nc(C(=O)Cc2ccc(Br)cc2)cs1. The second-order valence-corrected chi connectivity index (χ2v) is 5.89. The van der Waals surface area contributed by atoms with Crippen LogP contribution in [0.5, 0.6) is 0 Å². The highest BCUT2D eigenvalue weighted by molar-refractivity contribution is 9.10. The molecule has 0 radical (unpaired) electrons. The molecule has 3 nitrogen and oxygen atoms in total. The van der Waals surface area contributed by atoms with Gasteiger partial charge in [0.1, 0.15) is 10.7 Å². The molecule has 0 spiro atoms. The standard InChI is InChI=1S/C13H13BrN2OS/c1-8(15)13-16-11(7-18-13)12(17)6-9-2-4-10(14)5-3-9/h2-5,7-8H,6,15H2,1H3. The molecule has 1 heterocycles. The van der Waals surface area contributed by atoms with Gasteiger partial charge in [-0.25, -0.2) is 4.98 Å². The molecule has 1 aromatic carbocycles. The lowest BCUT2D eigenvalue weighted by Gasteiger charge is -2.00. The summed E-state index contributed by atoms with van der Waals surface area (Å²) in [5.74, 6) is 0.0282. The maximum atomic E-state index is 12.0. The van der Waals surface area contributed by atoms with Crippen molar-refractivity contribution in [2.75, 3.05) is 0 Å². The molecule has 5 heteroatoms. The summed E-state index contributed by atoms with van der Waals surface area (Å²) in [7, 11) is 0. The van der Waals surface area contributed by atoms with E-state index >= 15 is 0 Å². The normalized spacial score (nSPS) is 12.4. The maximum Gasteiger partial charge on any atom is 0.186 e. The fourth-order valence-electron chi connectivity index (χ4n) is 1.50. The van der Waals surface area contributed by atoms with Gasteiger partial charge in [-0.2, -0.15) is 0 Å². The van der Waals surface area contributed by atoms with Gasteiger partial charge in [0.05, 0.1) is 6.04 Å². The summed E-state index contributed by atoms with van der Waals surface area (Å²) < 4.78 is 1.01. The van der Waals surface area contributed by atoms with Gasteiger partial charge in [0, 0.05) is 16.3 Å². The lowest BCUT2D eigenvalue weighted by molar-refractivity contribution is 0.0988. The molecule has 0 bridgehead atoms. The second kappa shape index (κ2) is 5.73. The van der Waals surface area contributed by atoms with Gasteiger partial charge in [-0.3, -0.25) is 4.79 Å². The smallest absolute Gasteiger partial charge is 0.186 e. The van der Waals surface area contributed by atoms with Crippen molar-refractivity contribution in [2.24, 2.45) is 5.73 Å². The van der Waals surface area contributed by atoms with Crippen molar-refractivity contribution >= 4 is 33.0 Å². The number of nitrogens with zero attached hydrogens (tertiary/aromatic N) is 1. The molecular formula is C13H13BrN2OS. The molecule has 94 valence electrons. The first-order valence-corrected chi connectivity index (χ1v) is 7.22. The van der Waals surface area contributed by atoms with Crippen molar-refractivity contribution in [3.8, 4) is 0 Å². The molecular weight excluding hydrogens is 312 g/mol. The average molecular weight is 325 g/mol. The van der Waals surface area contributed by atoms with E-state index in [-0.39, 0.29) is 11.8 Å². The average Bonchev–Trinajstić information content (AvgIpc) is 2.81. The molecule has 0 fully saturated rings. The Morgan fingerprint density at radius 1 is 1.44 bits per heavy atom. The third-order valence-electron chi connectivity index (χ3n) is 2.48. The van der Waals surface area contributed by atoms with Gasteiger partial charge in [-0.15, -0.1) is 11.3 Å². The number of carbonyl (C=O) groups is 1. The molecule has 0 saturated heterocycles. The van der Waals surface area contributed by atoms with Gasteiger partial charge in [-0.1, -0.05) is 28.1 Å². The van der Waals surface area contributed by atoms with Crippen LogP contribution in [0.25, 0.3) is 0 Å². The first-order valence-electron chi connectivity index (χ1n) is 5.55. The Hall–Kier alpha value is -1.04. The summed E-state index contributed by atoms with van der Waals surface area (Å²) in [6, 6.07) is 7.60. The Balaban J connectivity index is 2.09. The van der Waals surface area contributed by atoms with Crippen molar-refractivity contribution in [2.45, 2.75) is 19.4 Å². The number of carbonyl (C=O) groups excluding carboxylic acids is 1. The fourth-order valence-corrected chi connectivity index (χ4v) is 2.55. The number of Topliss-reactive ketones (excluding diaryl/α,β-unsaturated/α-hetero) is 1. The number of aromatic nitrogens is 1. The Kier molecular flexibility index (Phi) is 4.27. The van der Waals surface area contributed by atoms with Crippen LogP contribution in [-0.4, -0.2) is 10.8 Å². The molecule has 2 aromatic rings. The summed E-state index contributed by atoms with van der Waals surface area (Å²) in [6.45, 7) is 1.86. The highest BCUT2D eigenvalue weighted by atomic mass is 79.9. The zero-order chi connectivity index (χ0) is 13.1. The van der Waals surface area contributed by atoms with Crippen LogP contribution in [0.15, 0.2) is 34.1 Å². The van der Waals surface area contributed by atoms with Crippen LogP contribution in [0.3, 0.4) is 0 Å². The predicted molar refractivity (Wildman–Crippen MR) is 76.9 cm³/mol. The van der Waals surface area contributed by atoms with Gasteiger partial charge >= 0.3 is 0 Å². The molecule has 0 aliphatic rings. The minimum Gasteiger partial charge on any atom is -0.322 e. The van der Waals surface area contributed by atoms with Crippen LogP contribution in [0, 0.1) is 0 Å². The first kappa shape index (κ1) is 13.4. The van der Waals surface area contributed by atoms with Crippen LogP contribution in [0.1, 0.15) is 34.0 Å². The molecule has 0 saturated carbocycles. The zero-order valence-electron chi connectivity index (χ0n) is 9.89. The minimum atomic E-state index is -0.121. The van der Waals surface area contributed by atoms with Crippen molar-refractivity contribution < 1.29 is 4.79 Å². The van der Waals surface area contributed by atoms with Gasteiger partial charge < -0.3 is 5.73 Å². The minimum absolute atomic E-state index is 0.0282. The molecule has 0 aliphatic heterocycles. The summed E-state index contributed by atoms with van der Waals surface area (Å²) in [4.78, 5) is 16.3. The van der Waals surface area contributed by atoms with E-state index in [4.69, 9.17) is 5.73 Å². The zero-order valence-corrected chi connectivity index (χ0v) is 12.3. The van der Waals surface area contributed by atoms with E-state index in [1.54, 1.807) is 5.38 Å². The van der Waals surface area contributed by atoms with Crippen LogP contribution in [0.2, 0.25) is 0 Å². The molecule has 0 aliphatic carbocycles. The van der Waals surface area contributed by atoms with E-state index in [9.17, 15) is 4.79 Å². The molecule has 0 amide bonds. The van der Waals surface area contributed by atoms with Crippen LogP contribution >= 0.6 is 27.3 Å². The van der Waals surface area contributed by atoms with Crippen molar-refractivity contribution in [3.05, 3.63) is 50.4 Å². The number of halogens is 1. The van der Waals surface area contributed by atoms with Crippen LogP contribution in [0.4, 0.5) is 0 Å². The number of thiazole rings is 1. The number of hydrogen-bond acceptors (Lipinski definition) is 4. The largest absolute Gasteiger partial charge is 0.322 e. The van der Waals surface area contributed by atoms with Crippen molar-refractivity contribution in [1.82, 2.24) is 4.98 Å². The highest BCUT2D eigenvalue weighted by Gasteiger charge is 2.13. The lowest BCUT2D eigenvalue weighted by Crippen LogP contribution is -2.07. The van der Waals surface area contributed by atoms with E-state index in [0.29, 0.717) is 12.1 Å². The lowest BCUT2D eigenvalue weighted by atomic mass is 10.1. The van der Waals surface area contributed by atoms with Gasteiger partial charge in [0.2, 0.25) is 0 Å². The molecule has 1 unspecified atom stereocenters. The van der Waals surface area contributed by atoms with E-state index in [0.717, 1.165) is 15.0 Å². The summed E-state index contributed by atoms with van der Waals surface area (Å²) in [6.07, 6.45) is 0.370. The number of nitrogens with two attached hydrogens (primary N) is 1.